The molecule has 3 aromatic rings. The standard InChI is InChI=1S/C18H18N4O2S2/c1-3-24-17(23)9-15-11-25-18(20-15)21-19-10-13-4-6-14(7-5-13)16-8-12(2)22-26-16/h4-8,10-11H,3,9H2,1-2H3,(H,20,21). The van der Waals surface area contributed by atoms with E-state index in [0.29, 0.717) is 17.4 Å². The van der Waals surface area contributed by atoms with Crippen LogP contribution in [0.1, 0.15) is 23.9 Å². The molecule has 0 spiro atoms. The average molecular weight is 387 g/mol. The van der Waals surface area contributed by atoms with Crippen molar-refractivity contribution in [2.45, 2.75) is 20.3 Å². The first-order valence-corrected chi connectivity index (χ1v) is 9.72. The van der Waals surface area contributed by atoms with Gasteiger partial charge in [-0.25, -0.2) is 4.98 Å². The molecule has 134 valence electrons. The van der Waals surface area contributed by atoms with E-state index in [4.69, 9.17) is 4.74 Å². The van der Waals surface area contributed by atoms with Crippen molar-refractivity contribution in [1.82, 2.24) is 9.36 Å². The number of rotatable bonds is 7. The fraction of sp³-hybridized carbons (Fsp3) is 0.222. The predicted molar refractivity (Wildman–Crippen MR) is 106 cm³/mol. The third kappa shape index (κ3) is 4.96. The highest BCUT2D eigenvalue weighted by Gasteiger charge is 2.07. The Labute approximate surface area is 159 Å². The van der Waals surface area contributed by atoms with Gasteiger partial charge in [-0.2, -0.15) is 9.47 Å². The van der Waals surface area contributed by atoms with Crippen LogP contribution in [-0.4, -0.2) is 28.1 Å². The number of hydrogen-bond acceptors (Lipinski definition) is 8. The molecule has 3 rings (SSSR count). The van der Waals surface area contributed by atoms with Gasteiger partial charge in [0.05, 0.1) is 35.5 Å². The van der Waals surface area contributed by atoms with Crippen LogP contribution in [0, 0.1) is 6.92 Å². The summed E-state index contributed by atoms with van der Waals surface area (Å²) >= 11 is 2.89. The number of nitrogens with one attached hydrogen (secondary N) is 1. The van der Waals surface area contributed by atoms with Crippen molar-refractivity contribution in [2.24, 2.45) is 5.10 Å². The van der Waals surface area contributed by atoms with Gasteiger partial charge in [-0.05, 0) is 42.6 Å². The van der Waals surface area contributed by atoms with Crippen molar-refractivity contribution < 1.29 is 9.53 Å². The maximum Gasteiger partial charge on any atom is 0.311 e. The number of carbonyl (C=O) groups is 1. The van der Waals surface area contributed by atoms with E-state index in [-0.39, 0.29) is 12.4 Å². The number of aryl methyl sites for hydroxylation is 1. The van der Waals surface area contributed by atoms with Gasteiger partial charge in [-0.3, -0.25) is 10.2 Å². The summed E-state index contributed by atoms with van der Waals surface area (Å²) in [6.45, 7) is 4.15. The number of anilines is 1. The Morgan fingerprint density at radius 2 is 2.15 bits per heavy atom. The number of benzene rings is 1. The van der Waals surface area contributed by atoms with Crippen molar-refractivity contribution in [3.63, 3.8) is 0 Å². The van der Waals surface area contributed by atoms with Crippen LogP contribution in [0.4, 0.5) is 5.13 Å². The highest BCUT2D eigenvalue weighted by atomic mass is 32.1. The SMILES string of the molecule is CCOC(=O)Cc1csc(NN=Cc2ccc(-c3cc(C)ns3)cc2)n1. The fourth-order valence-corrected chi connectivity index (χ4v) is 3.61. The first-order valence-electron chi connectivity index (χ1n) is 8.07. The van der Waals surface area contributed by atoms with E-state index < -0.39 is 0 Å². The van der Waals surface area contributed by atoms with E-state index >= 15 is 0 Å². The molecule has 8 heteroatoms. The molecule has 2 heterocycles. The summed E-state index contributed by atoms with van der Waals surface area (Å²) in [6, 6.07) is 10.2. The molecule has 6 nitrogen and oxygen atoms in total. The smallest absolute Gasteiger partial charge is 0.311 e. The number of hydrazone groups is 1. The van der Waals surface area contributed by atoms with Gasteiger partial charge in [0.1, 0.15) is 0 Å². The van der Waals surface area contributed by atoms with E-state index in [1.807, 2.05) is 24.4 Å². The molecule has 0 bridgehead atoms. The summed E-state index contributed by atoms with van der Waals surface area (Å²) in [4.78, 5) is 16.9. The summed E-state index contributed by atoms with van der Waals surface area (Å²) in [7, 11) is 0. The summed E-state index contributed by atoms with van der Waals surface area (Å²) in [5.41, 5.74) is 6.71. The van der Waals surface area contributed by atoms with Crippen LogP contribution < -0.4 is 5.43 Å². The summed E-state index contributed by atoms with van der Waals surface area (Å²) in [5, 5.41) is 6.65. The third-order valence-corrected chi connectivity index (χ3v) is 5.10. The van der Waals surface area contributed by atoms with Gasteiger partial charge >= 0.3 is 5.97 Å². The summed E-state index contributed by atoms with van der Waals surface area (Å²) < 4.78 is 9.21. The number of nitrogens with zero attached hydrogens (tertiary/aromatic N) is 3. The minimum Gasteiger partial charge on any atom is -0.466 e. The Hall–Kier alpha value is -2.58. The molecular weight excluding hydrogens is 368 g/mol. The molecule has 0 unspecified atom stereocenters. The molecule has 0 amide bonds. The molecule has 0 fully saturated rings. The van der Waals surface area contributed by atoms with Crippen molar-refractivity contribution in [1.29, 1.82) is 0 Å². The van der Waals surface area contributed by atoms with Crippen LogP contribution in [-0.2, 0) is 16.0 Å². The first-order chi connectivity index (χ1) is 12.6. The largest absolute Gasteiger partial charge is 0.466 e. The molecule has 26 heavy (non-hydrogen) atoms. The second-order valence-corrected chi connectivity index (χ2v) is 7.11. The molecule has 0 saturated carbocycles. The molecule has 1 N–H and O–H groups in total. The monoisotopic (exact) mass is 386 g/mol. The van der Waals surface area contributed by atoms with Crippen molar-refractivity contribution in [2.75, 3.05) is 12.0 Å². The number of aromatic nitrogens is 2. The normalized spacial score (nSPS) is 11.0. The molecule has 0 saturated heterocycles. The molecule has 1 aromatic carbocycles. The fourth-order valence-electron chi connectivity index (χ4n) is 2.19. The Bertz CT molecular complexity index is 900. The topological polar surface area (TPSA) is 76.5 Å². The second kappa shape index (κ2) is 8.68. The molecule has 0 aliphatic rings. The number of hydrogen-bond donors (Lipinski definition) is 1. The number of thiazole rings is 1. The van der Waals surface area contributed by atoms with E-state index in [2.05, 4.69) is 38.1 Å². The molecule has 2 aromatic heterocycles. The Kier molecular flexibility index (Phi) is 6.08. The third-order valence-electron chi connectivity index (χ3n) is 3.38. The number of ether oxygens (including phenoxy) is 1. The van der Waals surface area contributed by atoms with E-state index in [1.54, 1.807) is 13.1 Å². The van der Waals surface area contributed by atoms with Crippen LogP contribution in [0.5, 0.6) is 0 Å². The minimum absolute atomic E-state index is 0.175. The van der Waals surface area contributed by atoms with Crippen molar-refractivity contribution >= 4 is 40.2 Å². The quantitative estimate of drug-likeness (QED) is 0.375. The van der Waals surface area contributed by atoms with Crippen LogP contribution in [0.3, 0.4) is 0 Å². The molecule has 0 aliphatic carbocycles. The maximum absolute atomic E-state index is 11.4. The van der Waals surface area contributed by atoms with Gasteiger partial charge in [0.2, 0.25) is 5.13 Å². The lowest BCUT2D eigenvalue weighted by atomic mass is 10.1. The van der Waals surface area contributed by atoms with E-state index in [0.717, 1.165) is 21.7 Å². The Morgan fingerprint density at radius 3 is 2.85 bits per heavy atom. The molecule has 0 atom stereocenters. The summed E-state index contributed by atoms with van der Waals surface area (Å²) in [5.74, 6) is -0.274. The van der Waals surface area contributed by atoms with Crippen molar-refractivity contribution in [3.05, 3.63) is 52.7 Å². The van der Waals surface area contributed by atoms with Crippen molar-refractivity contribution in [3.8, 4) is 10.4 Å². The van der Waals surface area contributed by atoms with Crippen LogP contribution >= 0.6 is 22.9 Å². The van der Waals surface area contributed by atoms with E-state index in [9.17, 15) is 4.79 Å². The number of carbonyl (C=O) groups excluding carboxylic acids is 1. The molecule has 0 aliphatic heterocycles. The zero-order chi connectivity index (χ0) is 18.4. The summed E-state index contributed by atoms with van der Waals surface area (Å²) in [6.07, 6.45) is 1.91. The minimum atomic E-state index is -0.274. The van der Waals surface area contributed by atoms with Crippen LogP contribution in [0.15, 0.2) is 40.8 Å². The lowest BCUT2D eigenvalue weighted by Gasteiger charge is -1.99. The number of esters is 1. The first kappa shape index (κ1) is 18.2. The lowest BCUT2D eigenvalue weighted by Crippen LogP contribution is -2.07. The van der Waals surface area contributed by atoms with Gasteiger partial charge in [-0.1, -0.05) is 24.3 Å². The Balaban J connectivity index is 1.55. The second-order valence-electron chi connectivity index (χ2n) is 5.45. The van der Waals surface area contributed by atoms with E-state index in [1.165, 1.54) is 22.9 Å². The molecule has 0 radical (unpaired) electrons. The molecular formula is C18H18N4O2S2. The zero-order valence-corrected chi connectivity index (χ0v) is 16.1. The van der Waals surface area contributed by atoms with Gasteiger partial charge in [0.25, 0.3) is 0 Å². The average Bonchev–Trinajstić information content (AvgIpc) is 3.25. The maximum atomic E-state index is 11.4. The highest BCUT2D eigenvalue weighted by molar-refractivity contribution is 7.13. The van der Waals surface area contributed by atoms with Gasteiger partial charge < -0.3 is 4.74 Å². The zero-order valence-electron chi connectivity index (χ0n) is 14.4. The van der Waals surface area contributed by atoms with Gasteiger partial charge in [0, 0.05) is 5.38 Å². The van der Waals surface area contributed by atoms with Crippen LogP contribution in [0.25, 0.3) is 10.4 Å². The van der Waals surface area contributed by atoms with Gasteiger partial charge in [-0.15, -0.1) is 11.3 Å². The highest BCUT2D eigenvalue weighted by Crippen LogP contribution is 2.24. The lowest BCUT2D eigenvalue weighted by molar-refractivity contribution is -0.142. The Morgan fingerprint density at radius 1 is 1.35 bits per heavy atom. The predicted octanol–water partition coefficient (Wildman–Crippen LogP) is 4.13. The van der Waals surface area contributed by atoms with Gasteiger partial charge in [0.15, 0.2) is 0 Å². The van der Waals surface area contributed by atoms with Crippen LogP contribution in [0.2, 0.25) is 0 Å².